The molecule has 0 unspecified atom stereocenters. The Labute approximate surface area is 131 Å². The number of hydrogen-bond donors (Lipinski definition) is 0. The second-order valence-electron chi connectivity index (χ2n) is 4.44. The van der Waals surface area contributed by atoms with Crippen LogP contribution in [0.3, 0.4) is 0 Å². The highest BCUT2D eigenvalue weighted by Gasteiger charge is 2.12. The van der Waals surface area contributed by atoms with Crippen LogP contribution in [0.2, 0.25) is 0 Å². The maximum Gasteiger partial charge on any atom is 0.348 e. The van der Waals surface area contributed by atoms with Crippen molar-refractivity contribution in [2.45, 2.75) is 0 Å². The number of halogens is 1. The number of hydrogen-bond acceptors (Lipinski definition) is 5. The molecule has 0 saturated carbocycles. The molecule has 7 heteroatoms. The van der Waals surface area contributed by atoms with Gasteiger partial charge >= 0.3 is 11.6 Å². The van der Waals surface area contributed by atoms with Gasteiger partial charge in [-0.05, 0) is 52.9 Å². The van der Waals surface area contributed by atoms with Crippen molar-refractivity contribution in [2.24, 2.45) is 0 Å². The summed E-state index contributed by atoms with van der Waals surface area (Å²) >= 11 is 2.17. The van der Waals surface area contributed by atoms with Crippen molar-refractivity contribution in [3.63, 3.8) is 0 Å². The lowest BCUT2D eigenvalue weighted by atomic mass is 10.2. The summed E-state index contributed by atoms with van der Waals surface area (Å²) in [6.45, 7) is 0. The largest absolute Gasteiger partial charge is 0.387 e. The Morgan fingerprint density at radius 1 is 1.10 bits per heavy atom. The molecule has 0 saturated heterocycles. The van der Waals surface area contributed by atoms with Gasteiger partial charge in [-0.25, -0.2) is 4.79 Å². The van der Waals surface area contributed by atoms with Gasteiger partial charge in [-0.1, -0.05) is 17.3 Å². The molecule has 6 nitrogen and oxygen atoms in total. The highest BCUT2D eigenvalue weighted by molar-refractivity contribution is 14.1. The van der Waals surface area contributed by atoms with E-state index < -0.39 is 5.63 Å². The fourth-order valence-corrected chi connectivity index (χ4v) is 2.61. The first-order valence-electron chi connectivity index (χ1n) is 6.13. The number of para-hydroxylation sites is 1. The summed E-state index contributed by atoms with van der Waals surface area (Å²) in [7, 11) is 0. The number of fused-ring (bicyclic) bond motifs is 2. The normalized spacial score (nSPS) is 11.3. The van der Waals surface area contributed by atoms with Crippen molar-refractivity contribution in [1.29, 1.82) is 0 Å². The van der Waals surface area contributed by atoms with Crippen LogP contribution in [0.5, 0.6) is 0 Å². The molecule has 0 aliphatic carbocycles. The maximum atomic E-state index is 12.1. The molecule has 0 fully saturated rings. The quantitative estimate of drug-likeness (QED) is 0.467. The average Bonchev–Trinajstić information content (AvgIpc) is 2.90. The predicted molar refractivity (Wildman–Crippen MR) is 85.4 cm³/mol. The number of benzene rings is 2. The lowest BCUT2D eigenvalue weighted by Gasteiger charge is -2.01. The van der Waals surface area contributed by atoms with E-state index in [1.54, 1.807) is 6.07 Å². The van der Waals surface area contributed by atoms with Gasteiger partial charge in [0.05, 0.1) is 16.4 Å². The van der Waals surface area contributed by atoms with Crippen LogP contribution >= 0.6 is 22.6 Å². The molecular weight excluding hydrogens is 383 g/mol. The van der Waals surface area contributed by atoms with Gasteiger partial charge < -0.3 is 4.42 Å². The van der Waals surface area contributed by atoms with E-state index in [0.29, 0.717) is 16.4 Å². The molecule has 0 radical (unpaired) electrons. The van der Waals surface area contributed by atoms with E-state index in [1.165, 1.54) is 4.68 Å². The van der Waals surface area contributed by atoms with Gasteiger partial charge in [-0.15, -0.1) is 5.10 Å². The molecule has 2 aromatic heterocycles. The smallest absolute Gasteiger partial charge is 0.348 e. The fraction of sp³-hybridized carbons (Fsp3) is 0. The minimum absolute atomic E-state index is 0.114. The monoisotopic (exact) mass is 390 g/mol. The summed E-state index contributed by atoms with van der Waals surface area (Å²) in [5, 5.41) is 8.49. The molecule has 0 aliphatic heterocycles. The zero-order chi connectivity index (χ0) is 14.4. The molecule has 2 heterocycles. The molecule has 4 rings (SSSR count). The van der Waals surface area contributed by atoms with E-state index in [4.69, 9.17) is 4.42 Å². The zero-order valence-electron chi connectivity index (χ0n) is 10.5. The summed E-state index contributed by atoms with van der Waals surface area (Å²) in [4.78, 5) is 16.4. The molecule has 0 bridgehead atoms. The van der Waals surface area contributed by atoms with Gasteiger partial charge in [0, 0.05) is 3.57 Å². The van der Waals surface area contributed by atoms with Crippen LogP contribution in [0, 0.1) is 3.57 Å². The van der Waals surface area contributed by atoms with E-state index >= 15 is 0 Å². The third-order valence-electron chi connectivity index (χ3n) is 3.11. The maximum absolute atomic E-state index is 12.1. The van der Waals surface area contributed by atoms with E-state index in [0.717, 1.165) is 9.09 Å². The zero-order valence-corrected chi connectivity index (χ0v) is 12.7. The van der Waals surface area contributed by atoms with E-state index in [-0.39, 0.29) is 6.01 Å². The Kier molecular flexibility index (Phi) is 2.74. The van der Waals surface area contributed by atoms with E-state index in [1.807, 2.05) is 36.4 Å². The molecule has 0 atom stereocenters. The van der Waals surface area contributed by atoms with Crippen LogP contribution in [0.15, 0.2) is 51.7 Å². The highest BCUT2D eigenvalue weighted by Crippen LogP contribution is 2.17. The Morgan fingerprint density at radius 2 is 1.95 bits per heavy atom. The fourth-order valence-electron chi connectivity index (χ4n) is 2.13. The molecule has 4 aromatic rings. The first-order valence-corrected chi connectivity index (χ1v) is 7.21. The summed E-state index contributed by atoms with van der Waals surface area (Å²) in [5.74, 6) is 0. The van der Waals surface area contributed by atoms with Gasteiger partial charge in [-0.3, -0.25) is 0 Å². The van der Waals surface area contributed by atoms with Crippen molar-refractivity contribution in [2.75, 3.05) is 0 Å². The second kappa shape index (κ2) is 4.62. The van der Waals surface area contributed by atoms with Crippen LogP contribution < -0.4 is 5.63 Å². The molecule has 0 spiro atoms. The van der Waals surface area contributed by atoms with Crippen LogP contribution in [0.1, 0.15) is 0 Å². The van der Waals surface area contributed by atoms with Crippen molar-refractivity contribution in [1.82, 2.24) is 20.0 Å². The molecule has 0 N–H and O–H groups in total. The standard InChI is InChI=1S/C14H7IN4O2/c15-8-5-6-9-11(7-8)16-14(21-13(9)20)19-12-4-2-1-3-10(12)17-18-19/h1-7H. The minimum Gasteiger partial charge on any atom is -0.387 e. The summed E-state index contributed by atoms with van der Waals surface area (Å²) in [6.07, 6.45) is 0. The van der Waals surface area contributed by atoms with Gasteiger partial charge in [0.25, 0.3) is 0 Å². The van der Waals surface area contributed by atoms with Gasteiger partial charge in [0.1, 0.15) is 5.52 Å². The van der Waals surface area contributed by atoms with Crippen molar-refractivity contribution in [3.8, 4) is 6.01 Å². The van der Waals surface area contributed by atoms with Gasteiger partial charge in [-0.2, -0.15) is 9.67 Å². The summed E-state index contributed by atoms with van der Waals surface area (Å²) < 4.78 is 7.69. The molecule has 102 valence electrons. The third kappa shape index (κ3) is 2.00. The number of aromatic nitrogens is 4. The van der Waals surface area contributed by atoms with E-state index in [9.17, 15) is 4.79 Å². The number of nitrogens with zero attached hydrogens (tertiary/aromatic N) is 4. The molecule has 2 aromatic carbocycles. The SMILES string of the molecule is O=c1oc(-n2nnc3ccccc32)nc2cc(I)ccc12. The molecule has 0 aliphatic rings. The summed E-state index contributed by atoms with van der Waals surface area (Å²) in [5.41, 5.74) is 1.58. The van der Waals surface area contributed by atoms with Crippen molar-refractivity contribution in [3.05, 3.63) is 56.5 Å². The van der Waals surface area contributed by atoms with Gasteiger partial charge in [0.2, 0.25) is 0 Å². The van der Waals surface area contributed by atoms with Gasteiger partial charge in [0.15, 0.2) is 0 Å². The molecule has 21 heavy (non-hydrogen) atoms. The summed E-state index contributed by atoms with van der Waals surface area (Å²) in [6, 6.07) is 12.9. The van der Waals surface area contributed by atoms with Crippen LogP contribution in [-0.2, 0) is 0 Å². The first-order chi connectivity index (χ1) is 10.2. The molecular formula is C14H7IN4O2. The Balaban J connectivity index is 2.04. The lowest BCUT2D eigenvalue weighted by Crippen LogP contribution is -2.08. The van der Waals surface area contributed by atoms with Crippen LogP contribution in [-0.4, -0.2) is 20.0 Å². The Bertz CT molecular complexity index is 1040. The van der Waals surface area contributed by atoms with Crippen LogP contribution in [0.25, 0.3) is 28.0 Å². The van der Waals surface area contributed by atoms with Crippen molar-refractivity contribution >= 4 is 44.5 Å². The number of rotatable bonds is 1. The Morgan fingerprint density at radius 3 is 2.86 bits per heavy atom. The predicted octanol–water partition coefficient (Wildman–Crippen LogP) is 2.53. The van der Waals surface area contributed by atoms with E-state index in [2.05, 4.69) is 37.9 Å². The van der Waals surface area contributed by atoms with Crippen molar-refractivity contribution < 1.29 is 4.42 Å². The average molecular weight is 390 g/mol. The Hall–Kier alpha value is -2.29. The topological polar surface area (TPSA) is 73.8 Å². The first kappa shape index (κ1) is 12.5. The molecule has 0 amide bonds. The third-order valence-corrected chi connectivity index (χ3v) is 3.78. The second-order valence-corrected chi connectivity index (χ2v) is 5.68. The van der Waals surface area contributed by atoms with Crippen LogP contribution in [0.4, 0.5) is 0 Å². The lowest BCUT2D eigenvalue weighted by molar-refractivity contribution is 0.462. The highest BCUT2D eigenvalue weighted by atomic mass is 127. The minimum atomic E-state index is -0.439.